The number of non-ortho nitro benzene ring substituents is 1. The highest BCUT2D eigenvalue weighted by Gasteiger charge is 2.36. The van der Waals surface area contributed by atoms with E-state index in [0.29, 0.717) is 22.5 Å². The van der Waals surface area contributed by atoms with Crippen LogP contribution < -0.4 is 4.90 Å². The van der Waals surface area contributed by atoms with E-state index in [1.165, 1.54) is 42.6 Å². The third-order valence-electron chi connectivity index (χ3n) is 4.55. The van der Waals surface area contributed by atoms with Gasteiger partial charge in [-0.25, -0.2) is 4.90 Å². The molecule has 0 fully saturated rings. The van der Waals surface area contributed by atoms with Gasteiger partial charge in [-0.05, 0) is 36.4 Å². The van der Waals surface area contributed by atoms with Gasteiger partial charge in [-0.1, -0.05) is 23.7 Å². The summed E-state index contributed by atoms with van der Waals surface area (Å²) in [5.41, 5.74) is 1.18. The van der Waals surface area contributed by atoms with E-state index < -0.39 is 16.7 Å². The monoisotopic (exact) mass is 421 g/mol. The van der Waals surface area contributed by atoms with Crippen LogP contribution in [-0.4, -0.2) is 28.1 Å². The lowest BCUT2D eigenvalue weighted by molar-refractivity contribution is -0.384. The summed E-state index contributed by atoms with van der Waals surface area (Å²) in [7, 11) is 0. The number of fused-ring (bicyclic) bond motifs is 1. The Balaban J connectivity index is 1.63. The van der Waals surface area contributed by atoms with Crippen molar-refractivity contribution in [1.82, 2.24) is 0 Å². The van der Waals surface area contributed by atoms with Crippen LogP contribution in [0, 0.1) is 10.1 Å². The molecule has 0 saturated carbocycles. The highest BCUT2D eigenvalue weighted by Crippen LogP contribution is 2.34. The minimum Gasteiger partial charge on any atom is -0.507 e. The number of aromatic hydroxyl groups is 1. The summed E-state index contributed by atoms with van der Waals surface area (Å²) in [6.07, 6.45) is 1.24. The molecule has 0 aromatic heterocycles. The van der Waals surface area contributed by atoms with Crippen molar-refractivity contribution in [3.8, 4) is 5.75 Å². The number of anilines is 1. The van der Waals surface area contributed by atoms with Gasteiger partial charge in [0.1, 0.15) is 5.75 Å². The molecule has 1 aliphatic heterocycles. The van der Waals surface area contributed by atoms with Crippen molar-refractivity contribution in [3.63, 3.8) is 0 Å². The van der Waals surface area contributed by atoms with E-state index in [0.717, 1.165) is 4.90 Å². The van der Waals surface area contributed by atoms with Crippen molar-refractivity contribution in [1.29, 1.82) is 0 Å². The maximum atomic E-state index is 12.6. The number of nitro groups is 1. The SMILES string of the molecule is O=C1c2ccccc2C(=O)N1c1ccc(N=Cc2cc([N+](=O)[O-])ccc2O)c(Cl)c1. The fourth-order valence-electron chi connectivity index (χ4n) is 3.06. The van der Waals surface area contributed by atoms with Crippen LogP contribution in [0.5, 0.6) is 5.75 Å². The Hall–Kier alpha value is -4.04. The Morgan fingerprint density at radius 2 is 1.67 bits per heavy atom. The quantitative estimate of drug-likeness (QED) is 0.288. The number of carbonyl (C=O) groups excluding carboxylic acids is 2. The zero-order valence-electron chi connectivity index (χ0n) is 15.2. The molecule has 3 aromatic rings. The van der Waals surface area contributed by atoms with Gasteiger partial charge in [-0.15, -0.1) is 0 Å². The lowest BCUT2D eigenvalue weighted by Crippen LogP contribution is -2.29. The van der Waals surface area contributed by atoms with Gasteiger partial charge >= 0.3 is 0 Å². The molecule has 1 aliphatic rings. The highest BCUT2D eigenvalue weighted by molar-refractivity contribution is 6.36. The molecule has 0 aliphatic carbocycles. The summed E-state index contributed by atoms with van der Waals surface area (Å²) in [6.45, 7) is 0. The molecule has 8 nitrogen and oxygen atoms in total. The largest absolute Gasteiger partial charge is 0.507 e. The predicted octanol–water partition coefficient (Wildman–Crippen LogP) is 4.51. The molecule has 0 radical (unpaired) electrons. The number of nitrogens with zero attached hydrogens (tertiary/aromatic N) is 3. The number of carbonyl (C=O) groups is 2. The smallest absolute Gasteiger partial charge is 0.270 e. The first-order valence-corrected chi connectivity index (χ1v) is 9.03. The van der Waals surface area contributed by atoms with Gasteiger partial charge in [0.05, 0.1) is 32.4 Å². The van der Waals surface area contributed by atoms with E-state index in [1.807, 2.05) is 0 Å². The molecule has 9 heteroatoms. The normalized spacial score (nSPS) is 13.2. The summed E-state index contributed by atoms with van der Waals surface area (Å²) in [5, 5.41) is 20.9. The molecule has 1 heterocycles. The Labute approximate surface area is 174 Å². The van der Waals surface area contributed by atoms with Crippen LogP contribution >= 0.6 is 11.6 Å². The lowest BCUT2D eigenvalue weighted by Gasteiger charge is -2.14. The summed E-state index contributed by atoms with van der Waals surface area (Å²) < 4.78 is 0. The lowest BCUT2D eigenvalue weighted by atomic mass is 10.1. The first kappa shape index (κ1) is 19.3. The van der Waals surface area contributed by atoms with Crippen molar-refractivity contribution in [2.75, 3.05) is 4.90 Å². The van der Waals surface area contributed by atoms with Crippen molar-refractivity contribution < 1.29 is 19.6 Å². The van der Waals surface area contributed by atoms with Crippen molar-refractivity contribution in [2.24, 2.45) is 4.99 Å². The second kappa shape index (κ2) is 7.41. The third kappa shape index (κ3) is 3.29. The molecule has 2 amide bonds. The number of imide groups is 1. The molecule has 0 unspecified atom stereocenters. The Morgan fingerprint density at radius 1 is 1.00 bits per heavy atom. The van der Waals surface area contributed by atoms with Crippen LogP contribution in [0.15, 0.2) is 65.7 Å². The van der Waals surface area contributed by atoms with Gasteiger partial charge < -0.3 is 5.11 Å². The number of phenolic OH excluding ortho intramolecular Hbond substituents is 1. The molecule has 4 rings (SSSR count). The number of halogens is 1. The summed E-state index contributed by atoms with van der Waals surface area (Å²) >= 11 is 6.27. The molecule has 0 saturated heterocycles. The van der Waals surface area contributed by atoms with Gasteiger partial charge in [-0.2, -0.15) is 0 Å². The van der Waals surface area contributed by atoms with Crippen LogP contribution in [-0.2, 0) is 0 Å². The van der Waals surface area contributed by atoms with Crippen LogP contribution in [0.2, 0.25) is 5.02 Å². The van der Waals surface area contributed by atoms with E-state index in [-0.39, 0.29) is 22.0 Å². The van der Waals surface area contributed by atoms with Crippen LogP contribution in [0.3, 0.4) is 0 Å². The first-order valence-electron chi connectivity index (χ1n) is 8.65. The molecule has 0 spiro atoms. The minimum absolute atomic E-state index is 0.143. The number of hydrogen-bond acceptors (Lipinski definition) is 6. The fourth-order valence-corrected chi connectivity index (χ4v) is 3.28. The molecule has 0 atom stereocenters. The molecular formula is C21H12ClN3O5. The topological polar surface area (TPSA) is 113 Å². The summed E-state index contributed by atoms with van der Waals surface area (Å²) in [5.74, 6) is -1.06. The van der Waals surface area contributed by atoms with E-state index >= 15 is 0 Å². The number of benzene rings is 3. The van der Waals surface area contributed by atoms with Crippen LogP contribution in [0.25, 0.3) is 0 Å². The molecule has 30 heavy (non-hydrogen) atoms. The number of aliphatic imine (C=N–C) groups is 1. The van der Waals surface area contributed by atoms with Gasteiger partial charge in [-0.3, -0.25) is 24.7 Å². The summed E-state index contributed by atoms with van der Waals surface area (Å²) in [4.78, 5) is 40.7. The van der Waals surface area contributed by atoms with Crippen molar-refractivity contribution >= 4 is 46.7 Å². The molecule has 0 bridgehead atoms. The van der Waals surface area contributed by atoms with E-state index in [1.54, 1.807) is 24.3 Å². The van der Waals surface area contributed by atoms with Gasteiger partial charge in [0, 0.05) is 23.9 Å². The van der Waals surface area contributed by atoms with Gasteiger partial charge in [0.15, 0.2) is 0 Å². The molecule has 1 N–H and O–H groups in total. The van der Waals surface area contributed by atoms with Crippen LogP contribution in [0.1, 0.15) is 26.3 Å². The average molecular weight is 422 g/mol. The van der Waals surface area contributed by atoms with Gasteiger partial charge in [0.25, 0.3) is 17.5 Å². The molecule has 3 aromatic carbocycles. The molecular weight excluding hydrogens is 410 g/mol. The minimum atomic E-state index is -0.583. The second-order valence-corrected chi connectivity index (χ2v) is 6.79. The highest BCUT2D eigenvalue weighted by atomic mass is 35.5. The van der Waals surface area contributed by atoms with E-state index in [2.05, 4.69) is 4.99 Å². The second-order valence-electron chi connectivity index (χ2n) is 6.39. The predicted molar refractivity (Wildman–Crippen MR) is 111 cm³/mol. The number of amides is 2. The zero-order chi connectivity index (χ0) is 21.4. The maximum absolute atomic E-state index is 12.6. The Morgan fingerprint density at radius 3 is 2.27 bits per heavy atom. The summed E-state index contributed by atoms with van der Waals surface area (Å²) in [6, 6.07) is 14.6. The van der Waals surface area contributed by atoms with Crippen molar-refractivity contribution in [2.45, 2.75) is 0 Å². The number of rotatable bonds is 4. The number of phenols is 1. The maximum Gasteiger partial charge on any atom is 0.270 e. The third-order valence-corrected chi connectivity index (χ3v) is 4.85. The standard InChI is InChI=1S/C21H12ClN3O5/c22-17-10-13(24-20(27)15-3-1-2-4-16(15)21(24)28)5-7-18(17)23-11-12-9-14(25(29)30)6-8-19(12)26/h1-11,26H. The Kier molecular flexibility index (Phi) is 4.77. The zero-order valence-corrected chi connectivity index (χ0v) is 15.9. The van der Waals surface area contributed by atoms with Gasteiger partial charge in [0.2, 0.25) is 0 Å². The number of hydrogen-bond donors (Lipinski definition) is 1. The Bertz CT molecular complexity index is 1220. The first-order chi connectivity index (χ1) is 14.4. The van der Waals surface area contributed by atoms with Crippen molar-refractivity contribution in [3.05, 3.63) is 92.5 Å². The number of nitro benzene ring substituents is 1. The molecule has 148 valence electrons. The van der Waals surface area contributed by atoms with Crippen LogP contribution in [0.4, 0.5) is 17.1 Å². The average Bonchev–Trinajstić information content (AvgIpc) is 2.98. The van der Waals surface area contributed by atoms with E-state index in [9.17, 15) is 24.8 Å². The van der Waals surface area contributed by atoms with E-state index in [4.69, 9.17) is 11.6 Å². The fraction of sp³-hybridized carbons (Fsp3) is 0.